The molecule has 0 radical (unpaired) electrons. The van der Waals surface area contributed by atoms with Crippen molar-refractivity contribution in [1.29, 1.82) is 0 Å². The molecule has 1 aliphatic rings. The highest BCUT2D eigenvalue weighted by atomic mass is 35.5. The van der Waals surface area contributed by atoms with Crippen LogP contribution in [-0.4, -0.2) is 29.2 Å². The van der Waals surface area contributed by atoms with E-state index in [2.05, 4.69) is 0 Å². The molecule has 1 aromatic heterocycles. The normalized spacial score (nSPS) is 17.7. The molecular formula is C17H19ClF3NO2. The van der Waals surface area contributed by atoms with E-state index < -0.39 is 17.5 Å². The van der Waals surface area contributed by atoms with Crippen molar-refractivity contribution in [1.82, 2.24) is 4.57 Å². The summed E-state index contributed by atoms with van der Waals surface area (Å²) in [5, 5.41) is 0.278. The van der Waals surface area contributed by atoms with Crippen LogP contribution in [0.15, 0.2) is 24.4 Å². The van der Waals surface area contributed by atoms with Crippen molar-refractivity contribution in [3.8, 4) is 0 Å². The maximum absolute atomic E-state index is 12.8. The summed E-state index contributed by atoms with van der Waals surface area (Å²) in [7, 11) is 0. The largest absolute Gasteiger partial charge is 0.454 e. The summed E-state index contributed by atoms with van der Waals surface area (Å²) in [4.78, 5) is 11.7. The molecule has 3 rings (SSSR count). The summed E-state index contributed by atoms with van der Waals surface area (Å²) in [5.41, 5.74) is 0.0988. The molecule has 24 heavy (non-hydrogen) atoms. The lowest BCUT2D eigenvalue weighted by atomic mass is 10.1. The van der Waals surface area contributed by atoms with Crippen LogP contribution in [0, 0.1) is 0 Å². The first kappa shape index (κ1) is 18.8. The number of fused-ring (bicyclic) bond motifs is 1. The molecule has 7 heteroatoms. The fraction of sp³-hybridized carbons (Fsp3) is 0.471. The lowest BCUT2D eigenvalue weighted by Crippen LogP contribution is -2.22. The number of carbonyl (C=O) groups is 1. The van der Waals surface area contributed by atoms with E-state index in [0.717, 1.165) is 12.8 Å². The molecule has 1 aliphatic heterocycles. The first-order valence-electron chi connectivity index (χ1n) is 7.88. The second-order valence-electron chi connectivity index (χ2n) is 5.29. The number of Topliss-reactive ketones (excluding diaryl/α,β-unsaturated/α-hetero) is 1. The van der Waals surface area contributed by atoms with Gasteiger partial charge in [-0.05, 0) is 25.0 Å². The Labute approximate surface area is 143 Å². The van der Waals surface area contributed by atoms with E-state index in [1.807, 2.05) is 13.8 Å². The maximum Gasteiger partial charge on any atom is 0.454 e. The number of ketones is 1. The quantitative estimate of drug-likeness (QED) is 0.699. The summed E-state index contributed by atoms with van der Waals surface area (Å²) >= 11 is 6.02. The van der Waals surface area contributed by atoms with Crippen molar-refractivity contribution in [2.45, 2.75) is 45.5 Å². The van der Waals surface area contributed by atoms with E-state index in [9.17, 15) is 18.0 Å². The highest BCUT2D eigenvalue weighted by Crippen LogP contribution is 2.33. The zero-order valence-electron chi connectivity index (χ0n) is 13.5. The lowest BCUT2D eigenvalue weighted by Gasteiger charge is -2.11. The summed E-state index contributed by atoms with van der Waals surface area (Å²) in [5.74, 6) is -1.88. The molecule has 1 aromatic carbocycles. The van der Waals surface area contributed by atoms with Crippen LogP contribution < -0.4 is 0 Å². The Kier molecular flexibility index (Phi) is 5.93. The molecule has 0 bridgehead atoms. The molecule has 0 N–H and O–H groups in total. The van der Waals surface area contributed by atoms with Crippen LogP contribution in [0.25, 0.3) is 10.9 Å². The van der Waals surface area contributed by atoms with Gasteiger partial charge in [0.15, 0.2) is 0 Å². The average molecular weight is 362 g/mol. The molecule has 132 valence electrons. The number of hydrogen-bond donors (Lipinski definition) is 0. The Bertz CT molecular complexity index is 718. The van der Waals surface area contributed by atoms with Gasteiger partial charge in [-0.3, -0.25) is 4.79 Å². The Morgan fingerprint density at radius 2 is 2.08 bits per heavy atom. The van der Waals surface area contributed by atoms with Gasteiger partial charge in [-0.15, -0.1) is 0 Å². The minimum Gasteiger partial charge on any atom is -0.376 e. The number of hydrogen-bond acceptors (Lipinski definition) is 2. The first-order valence-corrected chi connectivity index (χ1v) is 8.26. The van der Waals surface area contributed by atoms with Gasteiger partial charge in [-0.1, -0.05) is 31.5 Å². The number of aromatic nitrogens is 1. The van der Waals surface area contributed by atoms with Gasteiger partial charge in [-0.2, -0.15) is 13.2 Å². The summed E-state index contributed by atoms with van der Waals surface area (Å²) in [6, 6.07) is 4.79. The smallest absolute Gasteiger partial charge is 0.376 e. The molecule has 0 amide bonds. The Morgan fingerprint density at radius 3 is 2.67 bits per heavy atom. The fourth-order valence-electron chi connectivity index (χ4n) is 2.79. The zero-order chi connectivity index (χ0) is 17.9. The van der Waals surface area contributed by atoms with Gasteiger partial charge < -0.3 is 9.30 Å². The van der Waals surface area contributed by atoms with Crippen molar-refractivity contribution in [3.63, 3.8) is 0 Å². The number of ether oxygens (including phenoxy) is 1. The monoisotopic (exact) mass is 361 g/mol. The Morgan fingerprint density at radius 1 is 1.38 bits per heavy atom. The fourth-order valence-corrected chi connectivity index (χ4v) is 3.06. The molecule has 0 spiro atoms. The minimum atomic E-state index is -4.93. The molecular weight excluding hydrogens is 343 g/mol. The van der Waals surface area contributed by atoms with Crippen molar-refractivity contribution in [3.05, 3.63) is 35.0 Å². The topological polar surface area (TPSA) is 31.2 Å². The average Bonchev–Trinajstić information content (AvgIpc) is 3.17. The second-order valence-corrected chi connectivity index (χ2v) is 5.70. The molecule has 1 atom stereocenters. The molecule has 0 saturated carbocycles. The third kappa shape index (κ3) is 3.75. The Hall–Kier alpha value is -1.53. The van der Waals surface area contributed by atoms with Gasteiger partial charge in [0.25, 0.3) is 5.78 Å². The number of alkyl halides is 3. The molecule has 2 aromatic rings. The van der Waals surface area contributed by atoms with Crippen LogP contribution in [0.5, 0.6) is 0 Å². The molecule has 3 nitrogen and oxygen atoms in total. The van der Waals surface area contributed by atoms with Gasteiger partial charge >= 0.3 is 6.18 Å². The van der Waals surface area contributed by atoms with Crippen LogP contribution in [0.1, 0.15) is 37.0 Å². The van der Waals surface area contributed by atoms with Crippen molar-refractivity contribution >= 4 is 28.3 Å². The number of rotatable bonds is 3. The van der Waals surface area contributed by atoms with Gasteiger partial charge in [0.2, 0.25) is 0 Å². The predicted molar refractivity (Wildman–Crippen MR) is 87.7 cm³/mol. The standard InChI is InChI=1S/C15H13ClF3NO2.C2H6/c16-11-4-1-5-12-13(11)10(14(21)15(17,18)19)8-20(12)7-9-3-2-6-22-9;1-2/h1,4-5,8-9H,2-3,6-7H2;1-2H3. The minimum absolute atomic E-state index is 0.0524. The van der Waals surface area contributed by atoms with E-state index in [-0.39, 0.29) is 16.5 Å². The van der Waals surface area contributed by atoms with Gasteiger partial charge in [0.05, 0.1) is 22.2 Å². The highest BCUT2D eigenvalue weighted by Gasteiger charge is 2.41. The molecule has 1 saturated heterocycles. The highest BCUT2D eigenvalue weighted by molar-refractivity contribution is 6.37. The SMILES string of the molecule is CC.O=C(c1cn(CC2CCCO2)c2cccc(Cl)c12)C(F)(F)F. The van der Waals surface area contributed by atoms with Crippen LogP contribution >= 0.6 is 11.6 Å². The molecule has 2 heterocycles. The van der Waals surface area contributed by atoms with Gasteiger partial charge in [0.1, 0.15) is 0 Å². The van der Waals surface area contributed by atoms with Crippen molar-refractivity contribution < 1.29 is 22.7 Å². The van der Waals surface area contributed by atoms with Crippen LogP contribution in [-0.2, 0) is 11.3 Å². The number of benzene rings is 1. The summed E-state index contributed by atoms with van der Waals surface area (Å²) < 4.78 is 45.5. The van der Waals surface area contributed by atoms with Crippen molar-refractivity contribution in [2.75, 3.05) is 6.61 Å². The number of halogens is 4. The second kappa shape index (κ2) is 7.57. The first-order chi connectivity index (χ1) is 11.4. The van der Waals surface area contributed by atoms with Gasteiger partial charge in [0, 0.05) is 24.7 Å². The van der Waals surface area contributed by atoms with E-state index in [0.29, 0.717) is 18.7 Å². The number of nitrogens with zero attached hydrogens (tertiary/aromatic N) is 1. The van der Waals surface area contributed by atoms with E-state index in [1.54, 1.807) is 16.7 Å². The maximum atomic E-state index is 12.8. The Balaban J connectivity index is 0.00000100. The van der Waals surface area contributed by atoms with E-state index >= 15 is 0 Å². The van der Waals surface area contributed by atoms with Crippen LogP contribution in [0.4, 0.5) is 13.2 Å². The van der Waals surface area contributed by atoms with E-state index in [1.165, 1.54) is 12.3 Å². The predicted octanol–water partition coefficient (Wildman–Crippen LogP) is 5.24. The van der Waals surface area contributed by atoms with E-state index in [4.69, 9.17) is 16.3 Å². The van der Waals surface area contributed by atoms with Crippen molar-refractivity contribution in [2.24, 2.45) is 0 Å². The lowest BCUT2D eigenvalue weighted by molar-refractivity contribution is -0.0884. The van der Waals surface area contributed by atoms with Crippen LogP contribution in [0.2, 0.25) is 5.02 Å². The third-order valence-corrected chi connectivity index (χ3v) is 4.10. The molecule has 1 unspecified atom stereocenters. The summed E-state index contributed by atoms with van der Waals surface area (Å²) in [6.07, 6.45) is -1.97. The van der Waals surface area contributed by atoms with Crippen LogP contribution in [0.3, 0.4) is 0 Å². The van der Waals surface area contributed by atoms with Gasteiger partial charge in [-0.25, -0.2) is 0 Å². The summed E-state index contributed by atoms with van der Waals surface area (Å²) in [6.45, 7) is 5.06. The third-order valence-electron chi connectivity index (χ3n) is 3.78. The molecule has 1 fully saturated rings. The zero-order valence-corrected chi connectivity index (χ0v) is 14.2. The number of carbonyl (C=O) groups excluding carboxylic acids is 1. The molecule has 0 aliphatic carbocycles.